The van der Waals surface area contributed by atoms with Crippen molar-refractivity contribution in [3.63, 3.8) is 0 Å². The van der Waals surface area contributed by atoms with Gasteiger partial charge in [0.25, 0.3) is 0 Å². The van der Waals surface area contributed by atoms with Gasteiger partial charge in [-0.25, -0.2) is 9.79 Å². The lowest BCUT2D eigenvalue weighted by atomic mass is 10.2. The van der Waals surface area contributed by atoms with E-state index in [2.05, 4.69) is 10.3 Å². The van der Waals surface area contributed by atoms with Gasteiger partial charge < -0.3 is 10.4 Å². The summed E-state index contributed by atoms with van der Waals surface area (Å²) in [6.45, 7) is 0. The van der Waals surface area contributed by atoms with E-state index >= 15 is 0 Å². The fourth-order valence-electron chi connectivity index (χ4n) is 0.589. The average Bonchev–Trinajstić information content (AvgIpc) is 1.97. The van der Waals surface area contributed by atoms with Gasteiger partial charge in [0.1, 0.15) is 5.16 Å². The Kier molecular flexibility index (Phi) is 2.27. The highest BCUT2D eigenvalue weighted by molar-refractivity contribution is 6.39. The van der Waals surface area contributed by atoms with Gasteiger partial charge in [0.15, 0.2) is 5.16 Å². The third-order valence-electron chi connectivity index (χ3n) is 1.23. The minimum absolute atomic E-state index is 0.0148. The number of aliphatic carboxylic acids is 1. The SMILES string of the molecule is NC1(C(=O)O)C=NC(Cl)=C(Cl)N1. The van der Waals surface area contributed by atoms with Gasteiger partial charge >= 0.3 is 5.97 Å². The van der Waals surface area contributed by atoms with Crippen molar-refractivity contribution in [3.05, 3.63) is 10.3 Å². The predicted octanol–water partition coefficient (Wildman–Crippen LogP) is 0.00420. The Bertz CT molecular complexity index is 288. The van der Waals surface area contributed by atoms with Crippen LogP contribution in [-0.2, 0) is 4.79 Å². The summed E-state index contributed by atoms with van der Waals surface area (Å²) in [6.07, 6.45) is 0.976. The van der Waals surface area contributed by atoms with Crippen LogP contribution >= 0.6 is 23.2 Å². The van der Waals surface area contributed by atoms with Gasteiger partial charge in [-0.3, -0.25) is 5.73 Å². The van der Waals surface area contributed by atoms with Crippen LogP contribution in [-0.4, -0.2) is 23.0 Å². The zero-order valence-corrected chi connectivity index (χ0v) is 7.23. The zero-order chi connectivity index (χ0) is 9.35. The maximum absolute atomic E-state index is 10.5. The van der Waals surface area contributed by atoms with Gasteiger partial charge in [0.2, 0.25) is 5.66 Å². The molecule has 1 heterocycles. The van der Waals surface area contributed by atoms with Crippen molar-refractivity contribution in [1.29, 1.82) is 0 Å². The maximum atomic E-state index is 10.5. The number of nitrogens with zero attached hydrogens (tertiary/aromatic N) is 1. The molecule has 5 nitrogen and oxygen atoms in total. The number of hydrogen-bond donors (Lipinski definition) is 3. The summed E-state index contributed by atoms with van der Waals surface area (Å²) in [5.41, 5.74) is 3.55. The quantitative estimate of drug-likeness (QED) is 0.531. The fraction of sp³-hybridized carbons (Fsp3) is 0.200. The Morgan fingerprint density at radius 2 is 2.33 bits per heavy atom. The summed E-state index contributed by atoms with van der Waals surface area (Å²) in [4.78, 5) is 14.0. The summed E-state index contributed by atoms with van der Waals surface area (Å²) >= 11 is 10.9. The first-order valence-electron chi connectivity index (χ1n) is 2.86. The first-order chi connectivity index (χ1) is 5.46. The molecule has 0 amide bonds. The van der Waals surface area contributed by atoms with Crippen LogP contribution in [0.4, 0.5) is 0 Å². The van der Waals surface area contributed by atoms with E-state index in [-0.39, 0.29) is 10.3 Å². The topological polar surface area (TPSA) is 87.7 Å². The molecule has 7 heteroatoms. The highest BCUT2D eigenvalue weighted by Crippen LogP contribution is 2.18. The number of hydrogen-bond acceptors (Lipinski definition) is 4. The first kappa shape index (κ1) is 9.31. The number of nitrogens with one attached hydrogen (secondary N) is 1. The summed E-state index contributed by atoms with van der Waals surface area (Å²) < 4.78 is 0. The van der Waals surface area contributed by atoms with E-state index in [0.717, 1.165) is 6.21 Å². The number of carboxylic acid groups (broad SMARTS) is 1. The van der Waals surface area contributed by atoms with Gasteiger partial charge in [0, 0.05) is 0 Å². The Labute approximate surface area is 77.9 Å². The largest absolute Gasteiger partial charge is 0.478 e. The summed E-state index contributed by atoms with van der Waals surface area (Å²) in [5, 5.41) is 10.8. The maximum Gasteiger partial charge on any atom is 0.350 e. The minimum atomic E-state index is -1.77. The van der Waals surface area contributed by atoms with E-state index in [4.69, 9.17) is 34.0 Å². The van der Waals surface area contributed by atoms with E-state index < -0.39 is 11.6 Å². The van der Waals surface area contributed by atoms with Crippen molar-refractivity contribution in [2.24, 2.45) is 10.7 Å². The number of halogens is 2. The average molecular weight is 210 g/mol. The lowest BCUT2D eigenvalue weighted by Gasteiger charge is -2.24. The van der Waals surface area contributed by atoms with E-state index in [1.54, 1.807) is 0 Å². The number of rotatable bonds is 1. The predicted molar refractivity (Wildman–Crippen MR) is 44.9 cm³/mol. The number of carbonyl (C=O) groups is 1. The van der Waals surface area contributed by atoms with Crippen molar-refractivity contribution in [3.8, 4) is 0 Å². The molecule has 4 N–H and O–H groups in total. The minimum Gasteiger partial charge on any atom is -0.478 e. The van der Waals surface area contributed by atoms with Gasteiger partial charge in [-0.2, -0.15) is 0 Å². The highest BCUT2D eigenvalue weighted by atomic mass is 35.5. The zero-order valence-electron chi connectivity index (χ0n) is 5.71. The fourth-order valence-corrected chi connectivity index (χ4v) is 0.890. The van der Waals surface area contributed by atoms with E-state index in [1.807, 2.05) is 0 Å². The van der Waals surface area contributed by atoms with Crippen LogP contribution in [0.1, 0.15) is 0 Å². The number of carboxylic acids is 1. The van der Waals surface area contributed by atoms with E-state index in [9.17, 15) is 4.79 Å². The first-order valence-corrected chi connectivity index (χ1v) is 3.62. The molecule has 0 aliphatic carbocycles. The van der Waals surface area contributed by atoms with Gasteiger partial charge in [-0.15, -0.1) is 0 Å². The molecule has 0 aromatic carbocycles. The molecule has 0 bridgehead atoms. The van der Waals surface area contributed by atoms with Crippen LogP contribution in [0.2, 0.25) is 0 Å². The molecule has 0 saturated carbocycles. The molecular formula is C5H5Cl2N3O2. The van der Waals surface area contributed by atoms with Crippen molar-refractivity contribution < 1.29 is 9.90 Å². The Morgan fingerprint density at radius 1 is 1.75 bits per heavy atom. The molecule has 0 spiro atoms. The van der Waals surface area contributed by atoms with Crippen LogP contribution in [0.5, 0.6) is 0 Å². The molecule has 1 aliphatic heterocycles. The lowest BCUT2D eigenvalue weighted by Crippen LogP contribution is -2.61. The molecule has 0 radical (unpaired) electrons. The number of aliphatic imine (C=N–C) groups is 1. The van der Waals surface area contributed by atoms with Gasteiger partial charge in [-0.1, -0.05) is 23.2 Å². The molecule has 0 aromatic heterocycles. The van der Waals surface area contributed by atoms with Gasteiger partial charge in [0.05, 0.1) is 6.21 Å². The smallest absolute Gasteiger partial charge is 0.350 e. The Morgan fingerprint density at radius 3 is 2.75 bits per heavy atom. The molecule has 66 valence electrons. The van der Waals surface area contributed by atoms with Crippen LogP contribution in [0, 0.1) is 0 Å². The third kappa shape index (κ3) is 1.52. The van der Waals surface area contributed by atoms with Crippen LogP contribution in [0.15, 0.2) is 15.3 Å². The highest BCUT2D eigenvalue weighted by Gasteiger charge is 2.35. The molecule has 12 heavy (non-hydrogen) atoms. The van der Waals surface area contributed by atoms with E-state index in [1.165, 1.54) is 0 Å². The van der Waals surface area contributed by atoms with E-state index in [0.29, 0.717) is 0 Å². The Balaban J connectivity index is 2.94. The van der Waals surface area contributed by atoms with Crippen LogP contribution < -0.4 is 11.1 Å². The second-order valence-corrected chi connectivity index (χ2v) is 2.90. The summed E-state index contributed by atoms with van der Waals surface area (Å²) in [6, 6.07) is 0. The molecule has 1 aliphatic rings. The summed E-state index contributed by atoms with van der Waals surface area (Å²) in [7, 11) is 0. The van der Waals surface area contributed by atoms with Crippen molar-refractivity contribution in [2.75, 3.05) is 0 Å². The lowest BCUT2D eigenvalue weighted by molar-refractivity contribution is -0.141. The van der Waals surface area contributed by atoms with Gasteiger partial charge in [-0.05, 0) is 0 Å². The molecular weight excluding hydrogens is 205 g/mol. The standard InChI is InChI=1S/C5H5Cl2N3O2/c6-2-3(7)10-5(8,1-9-2)4(11)12/h1,10H,8H2,(H,11,12). The van der Waals surface area contributed by atoms with Crippen molar-refractivity contribution >= 4 is 35.4 Å². The summed E-state index contributed by atoms with van der Waals surface area (Å²) in [5.74, 6) is -1.28. The van der Waals surface area contributed by atoms with Crippen molar-refractivity contribution in [2.45, 2.75) is 5.66 Å². The second-order valence-electron chi connectivity index (χ2n) is 2.16. The Hall–Kier alpha value is -0.780. The molecule has 0 fully saturated rings. The van der Waals surface area contributed by atoms with Crippen LogP contribution in [0.25, 0.3) is 0 Å². The number of nitrogens with two attached hydrogens (primary N) is 1. The third-order valence-corrected chi connectivity index (χ3v) is 1.89. The molecule has 1 atom stereocenters. The van der Waals surface area contributed by atoms with Crippen molar-refractivity contribution in [1.82, 2.24) is 5.32 Å². The molecule has 0 saturated heterocycles. The molecule has 1 unspecified atom stereocenters. The monoisotopic (exact) mass is 209 g/mol. The molecule has 0 aromatic rings. The second kappa shape index (κ2) is 2.93. The normalized spacial score (nSPS) is 28.6. The van der Waals surface area contributed by atoms with Crippen LogP contribution in [0.3, 0.4) is 0 Å². The molecule has 1 rings (SSSR count).